The molecule has 0 aliphatic heterocycles. The first-order valence-electron chi connectivity index (χ1n) is 5.47. The molecule has 0 saturated heterocycles. The summed E-state index contributed by atoms with van der Waals surface area (Å²) in [6.45, 7) is 2.12. The van der Waals surface area contributed by atoms with Crippen molar-refractivity contribution in [3.63, 3.8) is 0 Å². The van der Waals surface area contributed by atoms with Crippen LogP contribution in [0.1, 0.15) is 44.0 Å². The van der Waals surface area contributed by atoms with Crippen molar-refractivity contribution in [2.75, 3.05) is 5.32 Å². The average Bonchev–Trinajstić information content (AvgIpc) is 2.67. The lowest BCUT2D eigenvalue weighted by Crippen LogP contribution is -2.21. The fourth-order valence-corrected chi connectivity index (χ4v) is 2.63. The van der Waals surface area contributed by atoms with E-state index >= 15 is 0 Å². The third-order valence-electron chi connectivity index (χ3n) is 2.70. The summed E-state index contributed by atoms with van der Waals surface area (Å²) in [6.07, 6.45) is 7.69. The van der Waals surface area contributed by atoms with E-state index in [1.165, 1.54) is 32.1 Å². The third-order valence-corrected chi connectivity index (χ3v) is 3.70. The lowest BCUT2D eigenvalue weighted by molar-refractivity contribution is 0.462. The number of nitrogens with zero attached hydrogens (tertiary/aromatic N) is 2. The number of aromatic nitrogens is 2. The van der Waals surface area contributed by atoms with Gasteiger partial charge in [0.15, 0.2) is 0 Å². The summed E-state index contributed by atoms with van der Waals surface area (Å²) in [6, 6.07) is 0.640. The van der Waals surface area contributed by atoms with Crippen LogP contribution in [0.15, 0.2) is 0 Å². The number of anilines is 1. The number of hydrogen-bond acceptors (Lipinski definition) is 4. The van der Waals surface area contributed by atoms with Gasteiger partial charge in [-0.2, -0.15) is 0 Å². The monoisotopic (exact) mass is 211 g/mol. The van der Waals surface area contributed by atoms with Crippen LogP contribution in [-0.2, 0) is 6.42 Å². The highest BCUT2D eigenvalue weighted by atomic mass is 32.1. The Bertz CT molecular complexity index is 279. The minimum absolute atomic E-state index is 0.640. The highest BCUT2D eigenvalue weighted by molar-refractivity contribution is 7.15. The molecule has 0 bridgehead atoms. The Morgan fingerprint density at radius 3 is 2.71 bits per heavy atom. The molecule has 1 N–H and O–H groups in total. The van der Waals surface area contributed by atoms with Crippen LogP contribution in [-0.4, -0.2) is 16.2 Å². The minimum atomic E-state index is 0.640. The topological polar surface area (TPSA) is 37.8 Å². The van der Waals surface area contributed by atoms with Crippen LogP contribution in [0.2, 0.25) is 0 Å². The van der Waals surface area contributed by atoms with Gasteiger partial charge in [0.1, 0.15) is 5.01 Å². The summed E-state index contributed by atoms with van der Waals surface area (Å²) in [5.41, 5.74) is 0. The van der Waals surface area contributed by atoms with Gasteiger partial charge in [-0.05, 0) is 19.3 Å². The maximum atomic E-state index is 4.14. The van der Waals surface area contributed by atoms with Crippen molar-refractivity contribution in [1.82, 2.24) is 10.2 Å². The Labute approximate surface area is 88.9 Å². The lowest BCUT2D eigenvalue weighted by Gasteiger charge is -2.21. The minimum Gasteiger partial charge on any atom is -0.357 e. The number of aryl methyl sites for hydroxylation is 1. The van der Waals surface area contributed by atoms with Gasteiger partial charge in [-0.1, -0.05) is 37.5 Å². The summed E-state index contributed by atoms with van der Waals surface area (Å²) in [4.78, 5) is 0. The van der Waals surface area contributed by atoms with Gasteiger partial charge in [0.2, 0.25) is 5.13 Å². The molecule has 1 aliphatic rings. The molecule has 78 valence electrons. The quantitative estimate of drug-likeness (QED) is 0.835. The highest BCUT2D eigenvalue weighted by Crippen LogP contribution is 2.23. The first-order valence-corrected chi connectivity index (χ1v) is 6.29. The summed E-state index contributed by atoms with van der Waals surface area (Å²) in [5.74, 6) is 0. The molecule has 14 heavy (non-hydrogen) atoms. The van der Waals surface area contributed by atoms with E-state index in [4.69, 9.17) is 0 Å². The molecule has 0 atom stereocenters. The molecule has 1 aromatic rings. The van der Waals surface area contributed by atoms with Crippen LogP contribution in [0, 0.1) is 0 Å². The number of nitrogens with one attached hydrogen (secondary N) is 1. The maximum Gasteiger partial charge on any atom is 0.205 e. The molecule has 0 radical (unpaired) electrons. The summed E-state index contributed by atoms with van der Waals surface area (Å²) in [7, 11) is 0. The van der Waals surface area contributed by atoms with Gasteiger partial charge in [-0.25, -0.2) is 0 Å². The fourth-order valence-electron chi connectivity index (χ4n) is 1.88. The van der Waals surface area contributed by atoms with Crippen LogP contribution < -0.4 is 5.32 Å². The summed E-state index contributed by atoms with van der Waals surface area (Å²) < 4.78 is 0. The second kappa shape index (κ2) is 4.73. The predicted octanol–water partition coefficient (Wildman–Crippen LogP) is 2.85. The van der Waals surface area contributed by atoms with Crippen molar-refractivity contribution in [2.45, 2.75) is 51.5 Å². The van der Waals surface area contributed by atoms with Crippen LogP contribution >= 0.6 is 11.3 Å². The Morgan fingerprint density at radius 2 is 2.07 bits per heavy atom. The van der Waals surface area contributed by atoms with E-state index in [1.54, 1.807) is 11.3 Å². The average molecular weight is 211 g/mol. The molecule has 3 nitrogen and oxygen atoms in total. The molecule has 2 rings (SSSR count). The molecular weight excluding hydrogens is 194 g/mol. The largest absolute Gasteiger partial charge is 0.357 e. The van der Waals surface area contributed by atoms with Crippen molar-refractivity contribution >= 4 is 16.5 Å². The van der Waals surface area contributed by atoms with Gasteiger partial charge < -0.3 is 5.32 Å². The number of hydrogen-bond donors (Lipinski definition) is 1. The Morgan fingerprint density at radius 1 is 1.29 bits per heavy atom. The standard InChI is InChI=1S/C10H17N3S/c1-2-9-12-13-10(14-9)11-8-6-4-3-5-7-8/h8H,2-7H2,1H3,(H,11,13). The lowest BCUT2D eigenvalue weighted by atomic mass is 9.96. The Hall–Kier alpha value is -0.640. The normalized spacial score (nSPS) is 18.4. The SMILES string of the molecule is CCc1nnc(NC2CCCCC2)s1. The second-order valence-electron chi connectivity index (χ2n) is 3.83. The zero-order valence-corrected chi connectivity index (χ0v) is 9.44. The molecule has 0 spiro atoms. The van der Waals surface area contributed by atoms with E-state index in [0.29, 0.717) is 6.04 Å². The van der Waals surface area contributed by atoms with Crippen molar-refractivity contribution in [1.29, 1.82) is 0 Å². The van der Waals surface area contributed by atoms with Crippen LogP contribution in [0.25, 0.3) is 0 Å². The van der Waals surface area contributed by atoms with Crippen LogP contribution in [0.3, 0.4) is 0 Å². The smallest absolute Gasteiger partial charge is 0.205 e. The Kier molecular flexibility index (Phi) is 3.35. The van der Waals surface area contributed by atoms with E-state index in [1.807, 2.05) is 0 Å². The van der Waals surface area contributed by atoms with Crippen LogP contribution in [0.5, 0.6) is 0 Å². The first kappa shape index (κ1) is 9.90. The molecule has 1 aromatic heterocycles. The molecule has 1 aliphatic carbocycles. The third kappa shape index (κ3) is 2.44. The van der Waals surface area contributed by atoms with Gasteiger partial charge >= 0.3 is 0 Å². The van der Waals surface area contributed by atoms with Gasteiger partial charge in [0, 0.05) is 6.04 Å². The molecular formula is C10H17N3S. The van der Waals surface area contributed by atoms with E-state index in [2.05, 4.69) is 22.4 Å². The first-order chi connectivity index (χ1) is 6.88. The molecule has 0 aromatic carbocycles. The summed E-state index contributed by atoms with van der Waals surface area (Å²) >= 11 is 1.69. The van der Waals surface area contributed by atoms with Crippen LogP contribution in [0.4, 0.5) is 5.13 Å². The maximum absolute atomic E-state index is 4.14. The zero-order chi connectivity index (χ0) is 9.80. The Balaban J connectivity index is 1.89. The molecule has 1 saturated carbocycles. The van der Waals surface area contributed by atoms with Gasteiger partial charge in [-0.3, -0.25) is 0 Å². The van der Waals surface area contributed by atoms with Crippen molar-refractivity contribution in [3.8, 4) is 0 Å². The van der Waals surface area contributed by atoms with Gasteiger partial charge in [0.05, 0.1) is 0 Å². The van der Waals surface area contributed by atoms with E-state index in [0.717, 1.165) is 16.6 Å². The summed E-state index contributed by atoms with van der Waals surface area (Å²) in [5, 5.41) is 13.9. The fraction of sp³-hybridized carbons (Fsp3) is 0.800. The van der Waals surface area contributed by atoms with E-state index < -0.39 is 0 Å². The zero-order valence-electron chi connectivity index (χ0n) is 8.62. The van der Waals surface area contributed by atoms with E-state index in [9.17, 15) is 0 Å². The molecule has 1 heterocycles. The van der Waals surface area contributed by atoms with Crippen molar-refractivity contribution in [3.05, 3.63) is 5.01 Å². The van der Waals surface area contributed by atoms with Gasteiger partial charge in [-0.15, -0.1) is 10.2 Å². The molecule has 4 heteroatoms. The molecule has 0 unspecified atom stereocenters. The van der Waals surface area contributed by atoms with E-state index in [-0.39, 0.29) is 0 Å². The second-order valence-corrected chi connectivity index (χ2v) is 4.90. The van der Waals surface area contributed by atoms with Gasteiger partial charge in [0.25, 0.3) is 0 Å². The van der Waals surface area contributed by atoms with Crippen molar-refractivity contribution < 1.29 is 0 Å². The number of rotatable bonds is 3. The molecule has 1 fully saturated rings. The highest BCUT2D eigenvalue weighted by Gasteiger charge is 2.14. The predicted molar refractivity (Wildman–Crippen MR) is 59.8 cm³/mol. The molecule has 0 amide bonds. The van der Waals surface area contributed by atoms with Crippen molar-refractivity contribution in [2.24, 2.45) is 0 Å².